The Morgan fingerprint density at radius 1 is 1.31 bits per heavy atom. The third-order valence-electron chi connectivity index (χ3n) is 4.32. The molecule has 0 spiro atoms. The van der Waals surface area contributed by atoms with Crippen LogP contribution in [0.3, 0.4) is 0 Å². The van der Waals surface area contributed by atoms with Gasteiger partial charge in [0.2, 0.25) is 11.9 Å². The molecular weight excluding hydrogens is 337 g/mol. The van der Waals surface area contributed by atoms with Crippen LogP contribution in [0, 0.1) is 5.82 Å². The molecule has 1 aliphatic rings. The van der Waals surface area contributed by atoms with Crippen LogP contribution < -0.4 is 10.2 Å². The van der Waals surface area contributed by atoms with E-state index in [1.54, 1.807) is 14.1 Å². The van der Waals surface area contributed by atoms with Crippen LogP contribution in [0.25, 0.3) is 0 Å². The number of aromatic nitrogens is 2. The summed E-state index contributed by atoms with van der Waals surface area (Å²) in [6, 6.07) is 0.265. The van der Waals surface area contributed by atoms with Gasteiger partial charge in [-0.1, -0.05) is 6.92 Å². The van der Waals surface area contributed by atoms with Gasteiger partial charge in [0.15, 0.2) is 11.8 Å². The van der Waals surface area contributed by atoms with Crippen LogP contribution in [0.4, 0.5) is 10.3 Å². The fraction of sp³-hybridized carbons (Fsp3) is 0.647. The number of carbonyl (C=O) groups excluding carboxylic acids is 1. The molecule has 2 rings (SSSR count). The Labute approximate surface area is 154 Å². The fourth-order valence-corrected chi connectivity index (χ4v) is 2.43. The zero-order chi connectivity index (χ0) is 19.1. The molecule has 0 bridgehead atoms. The number of carbonyl (C=O) groups is 1. The summed E-state index contributed by atoms with van der Waals surface area (Å²) in [4.78, 5) is 30.1. The first-order valence-corrected chi connectivity index (χ1v) is 8.89. The van der Waals surface area contributed by atoms with Crippen LogP contribution in [-0.4, -0.2) is 84.5 Å². The van der Waals surface area contributed by atoms with Gasteiger partial charge in [0.1, 0.15) is 6.54 Å². The van der Waals surface area contributed by atoms with Crippen LogP contribution in [0.2, 0.25) is 0 Å². The Morgan fingerprint density at radius 3 is 2.46 bits per heavy atom. The maximum Gasteiger partial charge on any atom is 0.243 e. The van der Waals surface area contributed by atoms with E-state index in [2.05, 4.69) is 39.0 Å². The van der Waals surface area contributed by atoms with Gasteiger partial charge in [0.05, 0.1) is 12.4 Å². The maximum absolute atomic E-state index is 13.0. The Morgan fingerprint density at radius 2 is 1.92 bits per heavy atom. The molecule has 9 heteroatoms. The van der Waals surface area contributed by atoms with Crippen molar-refractivity contribution in [2.75, 3.05) is 51.7 Å². The number of rotatable bonds is 5. The molecule has 1 atom stereocenters. The third kappa shape index (κ3) is 5.53. The van der Waals surface area contributed by atoms with Gasteiger partial charge in [-0.3, -0.25) is 4.79 Å². The predicted octanol–water partition coefficient (Wildman–Crippen LogP) is 0.570. The molecule has 1 fully saturated rings. The number of aliphatic imine (C=N–C) groups is 1. The lowest BCUT2D eigenvalue weighted by molar-refractivity contribution is -0.127. The summed E-state index contributed by atoms with van der Waals surface area (Å²) in [6.07, 6.45) is 3.32. The lowest BCUT2D eigenvalue weighted by Gasteiger charge is -2.37. The summed E-state index contributed by atoms with van der Waals surface area (Å²) < 4.78 is 13.0. The number of hydrogen-bond donors (Lipinski definition) is 1. The topological polar surface area (TPSA) is 77.0 Å². The summed E-state index contributed by atoms with van der Waals surface area (Å²) in [7, 11) is 3.45. The van der Waals surface area contributed by atoms with Crippen LogP contribution in [0.1, 0.15) is 20.3 Å². The van der Waals surface area contributed by atoms with E-state index in [0.29, 0.717) is 19.0 Å². The smallest absolute Gasteiger partial charge is 0.243 e. The zero-order valence-corrected chi connectivity index (χ0v) is 15.9. The second kappa shape index (κ2) is 9.30. The quantitative estimate of drug-likeness (QED) is 0.607. The Kier molecular flexibility index (Phi) is 7.11. The maximum atomic E-state index is 13.0. The number of nitrogens with one attached hydrogen (secondary N) is 1. The highest BCUT2D eigenvalue weighted by atomic mass is 19.1. The van der Waals surface area contributed by atoms with Gasteiger partial charge in [0.25, 0.3) is 0 Å². The van der Waals surface area contributed by atoms with Gasteiger partial charge in [0, 0.05) is 46.3 Å². The van der Waals surface area contributed by atoms with Gasteiger partial charge >= 0.3 is 0 Å². The predicted molar refractivity (Wildman–Crippen MR) is 99.7 cm³/mol. The molecule has 1 amide bonds. The number of anilines is 1. The van der Waals surface area contributed by atoms with Crippen molar-refractivity contribution in [1.29, 1.82) is 0 Å². The minimum atomic E-state index is -0.440. The van der Waals surface area contributed by atoms with E-state index in [0.717, 1.165) is 25.5 Å². The van der Waals surface area contributed by atoms with E-state index in [1.165, 1.54) is 17.3 Å². The van der Waals surface area contributed by atoms with E-state index >= 15 is 0 Å². The standard InChI is InChI=1S/C17H28FN7O/c1-5-13(2)22-17(21-12-15(26)23(3)4)25-8-6-24(7-9-25)16-19-10-14(18)11-20-16/h10-11,13H,5-9,12H2,1-4H3,(H,21,22). The highest BCUT2D eigenvalue weighted by molar-refractivity contribution is 5.85. The second-order valence-electron chi connectivity index (χ2n) is 6.56. The summed E-state index contributed by atoms with van der Waals surface area (Å²) in [5.74, 6) is 0.799. The summed E-state index contributed by atoms with van der Waals surface area (Å²) in [6.45, 7) is 7.16. The normalized spacial score (nSPS) is 16.4. The van der Waals surface area contributed by atoms with E-state index in [9.17, 15) is 9.18 Å². The first-order valence-electron chi connectivity index (χ1n) is 8.89. The molecule has 1 aromatic rings. The van der Waals surface area contributed by atoms with E-state index in [-0.39, 0.29) is 18.5 Å². The summed E-state index contributed by atoms with van der Waals surface area (Å²) >= 11 is 0. The highest BCUT2D eigenvalue weighted by Gasteiger charge is 2.22. The highest BCUT2D eigenvalue weighted by Crippen LogP contribution is 2.11. The molecule has 0 aromatic carbocycles. The number of piperazine rings is 1. The molecule has 1 unspecified atom stereocenters. The second-order valence-corrected chi connectivity index (χ2v) is 6.56. The summed E-state index contributed by atoms with van der Waals surface area (Å²) in [5, 5.41) is 3.40. The van der Waals surface area contributed by atoms with Crippen molar-refractivity contribution < 1.29 is 9.18 Å². The van der Waals surface area contributed by atoms with Crippen molar-refractivity contribution >= 4 is 17.8 Å². The lowest BCUT2D eigenvalue weighted by atomic mass is 10.2. The van der Waals surface area contributed by atoms with Crippen molar-refractivity contribution in [3.05, 3.63) is 18.2 Å². The number of likely N-dealkylation sites (N-methyl/N-ethyl adjacent to an activating group) is 1. The first-order chi connectivity index (χ1) is 12.4. The Balaban J connectivity index is 2.01. The molecule has 1 saturated heterocycles. The van der Waals surface area contributed by atoms with E-state index < -0.39 is 5.82 Å². The molecule has 1 aromatic heterocycles. The largest absolute Gasteiger partial charge is 0.354 e. The van der Waals surface area contributed by atoms with Crippen LogP contribution >= 0.6 is 0 Å². The van der Waals surface area contributed by atoms with Crippen molar-refractivity contribution in [3.63, 3.8) is 0 Å². The van der Waals surface area contributed by atoms with Crippen LogP contribution in [0.5, 0.6) is 0 Å². The van der Waals surface area contributed by atoms with Gasteiger partial charge in [-0.15, -0.1) is 0 Å². The van der Waals surface area contributed by atoms with Gasteiger partial charge in [-0.25, -0.2) is 19.4 Å². The number of halogens is 1. The average Bonchev–Trinajstić information content (AvgIpc) is 2.65. The fourth-order valence-electron chi connectivity index (χ4n) is 2.43. The van der Waals surface area contributed by atoms with E-state index in [4.69, 9.17) is 0 Å². The van der Waals surface area contributed by atoms with Crippen LogP contribution in [0.15, 0.2) is 17.4 Å². The SMILES string of the molecule is CCC(C)NC(=NCC(=O)N(C)C)N1CCN(c2ncc(F)cn2)CC1. The van der Waals surface area contributed by atoms with Crippen molar-refractivity contribution in [2.24, 2.45) is 4.99 Å². The third-order valence-corrected chi connectivity index (χ3v) is 4.32. The van der Waals surface area contributed by atoms with Gasteiger partial charge < -0.3 is 20.0 Å². The molecule has 2 heterocycles. The summed E-state index contributed by atoms with van der Waals surface area (Å²) in [5.41, 5.74) is 0. The van der Waals surface area contributed by atoms with E-state index in [1.807, 2.05) is 4.90 Å². The minimum absolute atomic E-state index is 0.0354. The molecular formula is C17H28FN7O. The number of hydrogen-bond acceptors (Lipinski definition) is 5. The molecule has 8 nitrogen and oxygen atoms in total. The minimum Gasteiger partial charge on any atom is -0.354 e. The Bertz CT molecular complexity index is 612. The lowest BCUT2D eigenvalue weighted by Crippen LogP contribution is -2.54. The van der Waals surface area contributed by atoms with Crippen LogP contribution in [-0.2, 0) is 4.79 Å². The average molecular weight is 365 g/mol. The molecule has 26 heavy (non-hydrogen) atoms. The molecule has 1 aliphatic heterocycles. The number of amides is 1. The molecule has 0 aliphatic carbocycles. The van der Waals surface area contributed by atoms with Gasteiger partial charge in [-0.05, 0) is 13.3 Å². The Hall–Kier alpha value is -2.45. The molecule has 1 N–H and O–H groups in total. The molecule has 0 saturated carbocycles. The monoisotopic (exact) mass is 365 g/mol. The van der Waals surface area contributed by atoms with Crippen molar-refractivity contribution in [2.45, 2.75) is 26.3 Å². The number of guanidine groups is 1. The number of nitrogens with zero attached hydrogens (tertiary/aromatic N) is 6. The first kappa shape index (κ1) is 19.9. The molecule has 0 radical (unpaired) electrons. The van der Waals surface area contributed by atoms with Gasteiger partial charge in [-0.2, -0.15) is 0 Å². The van der Waals surface area contributed by atoms with Crippen molar-refractivity contribution in [1.82, 2.24) is 25.1 Å². The van der Waals surface area contributed by atoms with Crippen molar-refractivity contribution in [3.8, 4) is 0 Å². The zero-order valence-electron chi connectivity index (χ0n) is 15.9. The molecule has 144 valence electrons.